The Balaban J connectivity index is 2.15. The van der Waals surface area contributed by atoms with Gasteiger partial charge in [0.25, 0.3) is 0 Å². The largest absolute Gasteiger partial charge is 0.373 e. The van der Waals surface area contributed by atoms with Crippen LogP contribution in [0.25, 0.3) is 0 Å². The lowest BCUT2D eigenvalue weighted by Gasteiger charge is -2.25. The van der Waals surface area contributed by atoms with Gasteiger partial charge in [-0.15, -0.1) is 0 Å². The average Bonchev–Trinajstić information content (AvgIpc) is 2.84. The van der Waals surface area contributed by atoms with Crippen LogP contribution in [0, 0.1) is 0 Å². The van der Waals surface area contributed by atoms with E-state index in [1.165, 1.54) is 0 Å². The van der Waals surface area contributed by atoms with Crippen molar-refractivity contribution in [3.63, 3.8) is 0 Å². The van der Waals surface area contributed by atoms with E-state index < -0.39 is 0 Å². The van der Waals surface area contributed by atoms with E-state index in [1.807, 2.05) is 0 Å². The molecular weight excluding hydrogens is 252 g/mol. The Bertz CT molecular complexity index is 441. The summed E-state index contributed by atoms with van der Waals surface area (Å²) in [6.45, 7) is 11.1. The lowest BCUT2D eigenvalue weighted by Crippen LogP contribution is -2.33. The molecule has 1 saturated heterocycles. The van der Waals surface area contributed by atoms with Crippen LogP contribution in [0.1, 0.15) is 52.0 Å². The van der Waals surface area contributed by atoms with Gasteiger partial charge >= 0.3 is 0 Å². The average molecular weight is 278 g/mol. The Morgan fingerprint density at radius 3 is 2.55 bits per heavy atom. The molecule has 112 valence electrons. The fourth-order valence-electron chi connectivity index (χ4n) is 2.64. The molecule has 0 bridgehead atoms. The first-order valence-electron chi connectivity index (χ1n) is 7.52. The van der Waals surface area contributed by atoms with E-state index in [0.29, 0.717) is 5.92 Å². The number of anilines is 2. The van der Waals surface area contributed by atoms with Crippen molar-refractivity contribution in [1.29, 1.82) is 0 Å². The van der Waals surface area contributed by atoms with E-state index in [-0.39, 0.29) is 5.60 Å². The minimum Gasteiger partial charge on any atom is -0.373 e. The van der Waals surface area contributed by atoms with Gasteiger partial charge in [-0.25, -0.2) is 9.97 Å². The summed E-state index contributed by atoms with van der Waals surface area (Å²) in [6.07, 6.45) is 3.85. The van der Waals surface area contributed by atoms with Crippen LogP contribution in [0.15, 0.2) is 6.33 Å². The third-order valence-corrected chi connectivity index (χ3v) is 3.74. The first-order chi connectivity index (χ1) is 9.56. The van der Waals surface area contributed by atoms with Crippen LogP contribution in [0.5, 0.6) is 0 Å². The van der Waals surface area contributed by atoms with Crippen LogP contribution in [-0.2, 0) is 4.74 Å². The SMILES string of the molecule is CCNc1ncnc(NCC2(C)CCCO2)c1C(C)C. The molecule has 1 aromatic heterocycles. The fraction of sp³-hybridized carbons (Fsp3) is 0.733. The summed E-state index contributed by atoms with van der Waals surface area (Å²) in [7, 11) is 0. The minimum absolute atomic E-state index is 0.0719. The van der Waals surface area contributed by atoms with Crippen LogP contribution in [0.4, 0.5) is 11.6 Å². The zero-order chi connectivity index (χ0) is 14.6. The highest BCUT2D eigenvalue weighted by Gasteiger charge is 2.30. The van der Waals surface area contributed by atoms with Gasteiger partial charge in [0.05, 0.1) is 5.60 Å². The van der Waals surface area contributed by atoms with Gasteiger partial charge < -0.3 is 15.4 Å². The molecule has 1 aliphatic rings. The van der Waals surface area contributed by atoms with Crippen molar-refractivity contribution in [3.05, 3.63) is 11.9 Å². The molecule has 5 nitrogen and oxygen atoms in total. The zero-order valence-electron chi connectivity index (χ0n) is 13.0. The Morgan fingerprint density at radius 1 is 1.30 bits per heavy atom. The van der Waals surface area contributed by atoms with E-state index in [1.54, 1.807) is 6.33 Å². The number of ether oxygens (including phenoxy) is 1. The highest BCUT2D eigenvalue weighted by Crippen LogP contribution is 2.30. The fourth-order valence-corrected chi connectivity index (χ4v) is 2.64. The van der Waals surface area contributed by atoms with Crippen LogP contribution in [-0.4, -0.2) is 35.3 Å². The van der Waals surface area contributed by atoms with Crippen molar-refractivity contribution in [1.82, 2.24) is 9.97 Å². The zero-order valence-corrected chi connectivity index (χ0v) is 13.0. The van der Waals surface area contributed by atoms with Crippen LogP contribution >= 0.6 is 0 Å². The molecule has 0 aliphatic carbocycles. The predicted molar refractivity (Wildman–Crippen MR) is 82.4 cm³/mol. The summed E-state index contributed by atoms with van der Waals surface area (Å²) in [4.78, 5) is 8.77. The van der Waals surface area contributed by atoms with Gasteiger partial charge in [-0.2, -0.15) is 0 Å². The van der Waals surface area contributed by atoms with Crippen molar-refractivity contribution in [3.8, 4) is 0 Å². The summed E-state index contributed by atoms with van der Waals surface area (Å²) >= 11 is 0. The van der Waals surface area contributed by atoms with E-state index >= 15 is 0 Å². The molecule has 1 atom stereocenters. The Hall–Kier alpha value is -1.36. The molecule has 0 spiro atoms. The number of nitrogens with one attached hydrogen (secondary N) is 2. The molecule has 20 heavy (non-hydrogen) atoms. The summed E-state index contributed by atoms with van der Waals surface area (Å²) < 4.78 is 5.82. The van der Waals surface area contributed by atoms with E-state index in [4.69, 9.17) is 4.74 Å². The third-order valence-electron chi connectivity index (χ3n) is 3.74. The van der Waals surface area contributed by atoms with Crippen LogP contribution < -0.4 is 10.6 Å². The maximum absolute atomic E-state index is 5.82. The smallest absolute Gasteiger partial charge is 0.135 e. The monoisotopic (exact) mass is 278 g/mol. The summed E-state index contributed by atoms with van der Waals surface area (Å²) in [5.41, 5.74) is 1.08. The second-order valence-corrected chi connectivity index (χ2v) is 5.93. The van der Waals surface area contributed by atoms with Gasteiger partial charge in [-0.3, -0.25) is 0 Å². The third kappa shape index (κ3) is 3.39. The second-order valence-electron chi connectivity index (χ2n) is 5.93. The quantitative estimate of drug-likeness (QED) is 0.837. The molecule has 0 amide bonds. The van der Waals surface area contributed by atoms with Crippen molar-refractivity contribution in [2.45, 2.75) is 52.1 Å². The van der Waals surface area contributed by atoms with Crippen molar-refractivity contribution in [2.24, 2.45) is 0 Å². The van der Waals surface area contributed by atoms with Crippen molar-refractivity contribution < 1.29 is 4.74 Å². The number of hydrogen-bond donors (Lipinski definition) is 2. The van der Waals surface area contributed by atoms with Crippen molar-refractivity contribution >= 4 is 11.6 Å². The molecule has 2 heterocycles. The Labute approximate surface area is 121 Å². The Kier molecular flexibility index (Phi) is 4.81. The molecule has 1 aliphatic heterocycles. The highest BCUT2D eigenvalue weighted by atomic mass is 16.5. The Morgan fingerprint density at radius 2 is 2.00 bits per heavy atom. The first kappa shape index (κ1) is 15.0. The second kappa shape index (κ2) is 6.39. The van der Waals surface area contributed by atoms with E-state index in [2.05, 4.69) is 48.3 Å². The van der Waals surface area contributed by atoms with Crippen LogP contribution in [0.2, 0.25) is 0 Å². The standard InChI is InChI=1S/C15H26N4O/c1-5-16-13-12(11(2)3)14(19-10-18-13)17-9-15(4)7-6-8-20-15/h10-11H,5-9H2,1-4H3,(H2,16,17,18,19). The van der Waals surface area contributed by atoms with Gasteiger partial charge in [0, 0.05) is 25.3 Å². The molecular formula is C15H26N4O. The molecule has 5 heteroatoms. The molecule has 1 fully saturated rings. The lowest BCUT2D eigenvalue weighted by atomic mass is 10.0. The predicted octanol–water partition coefficient (Wildman–Crippen LogP) is 3.01. The molecule has 1 aromatic rings. The molecule has 2 N–H and O–H groups in total. The summed E-state index contributed by atoms with van der Waals surface area (Å²) in [5, 5.41) is 6.77. The van der Waals surface area contributed by atoms with Gasteiger partial charge in [0.2, 0.25) is 0 Å². The maximum atomic E-state index is 5.82. The minimum atomic E-state index is -0.0719. The molecule has 0 aromatic carbocycles. The lowest BCUT2D eigenvalue weighted by molar-refractivity contribution is 0.0314. The highest BCUT2D eigenvalue weighted by molar-refractivity contribution is 5.59. The first-order valence-corrected chi connectivity index (χ1v) is 7.52. The maximum Gasteiger partial charge on any atom is 0.135 e. The molecule has 1 unspecified atom stereocenters. The van der Waals surface area contributed by atoms with Gasteiger partial charge in [-0.05, 0) is 32.6 Å². The summed E-state index contributed by atoms with van der Waals surface area (Å²) in [5.74, 6) is 2.21. The molecule has 0 saturated carbocycles. The van der Waals surface area contributed by atoms with Gasteiger partial charge in [0.15, 0.2) is 0 Å². The number of aromatic nitrogens is 2. The summed E-state index contributed by atoms with van der Waals surface area (Å²) in [6, 6.07) is 0. The van der Waals surface area contributed by atoms with Gasteiger partial charge in [-0.1, -0.05) is 13.8 Å². The molecule has 2 rings (SSSR count). The van der Waals surface area contributed by atoms with Crippen molar-refractivity contribution in [2.75, 3.05) is 30.3 Å². The number of nitrogens with zero attached hydrogens (tertiary/aromatic N) is 2. The topological polar surface area (TPSA) is 59.1 Å². The van der Waals surface area contributed by atoms with Crippen LogP contribution in [0.3, 0.4) is 0 Å². The number of hydrogen-bond acceptors (Lipinski definition) is 5. The normalized spacial score (nSPS) is 22.2. The van der Waals surface area contributed by atoms with Gasteiger partial charge in [0.1, 0.15) is 18.0 Å². The number of rotatable bonds is 6. The molecule has 0 radical (unpaired) electrons. The van der Waals surface area contributed by atoms with E-state index in [9.17, 15) is 0 Å². The van der Waals surface area contributed by atoms with E-state index in [0.717, 1.165) is 49.7 Å².